The SMILES string of the molecule is C[C@@H](NC(=O)c1ccc2c(ccn2C)c1)C1=NCC(C(=O)Nc2cc(C(F)(F)F)c(Cl)cn2)S1. The lowest BCUT2D eigenvalue weighted by molar-refractivity contribution is -0.137. The molecular formula is C22H19ClF3N5O2S. The second kappa shape index (κ2) is 9.30. The second-order valence-corrected chi connectivity index (χ2v) is 9.35. The maximum Gasteiger partial charge on any atom is 0.418 e. The molecule has 0 radical (unpaired) electrons. The number of rotatable bonds is 5. The lowest BCUT2D eigenvalue weighted by atomic mass is 10.1. The van der Waals surface area contributed by atoms with Crippen LogP contribution in [0.1, 0.15) is 22.8 Å². The molecule has 2 atom stereocenters. The number of carbonyl (C=O) groups excluding carboxylic acids is 2. The van der Waals surface area contributed by atoms with Crippen LogP contribution < -0.4 is 10.6 Å². The van der Waals surface area contributed by atoms with Crippen LogP contribution in [0.4, 0.5) is 19.0 Å². The van der Waals surface area contributed by atoms with E-state index in [1.165, 1.54) is 0 Å². The summed E-state index contributed by atoms with van der Waals surface area (Å²) >= 11 is 6.71. The fraction of sp³-hybridized carbons (Fsp3) is 0.273. The summed E-state index contributed by atoms with van der Waals surface area (Å²) in [6.07, 6.45) is -1.92. The molecule has 2 aromatic heterocycles. The van der Waals surface area contributed by atoms with Gasteiger partial charge in [0.15, 0.2) is 0 Å². The fourth-order valence-corrected chi connectivity index (χ4v) is 4.69. The number of alkyl halides is 3. The number of benzene rings is 1. The molecule has 2 N–H and O–H groups in total. The molecule has 3 heterocycles. The average molecular weight is 510 g/mol. The van der Waals surface area contributed by atoms with Gasteiger partial charge in [-0.1, -0.05) is 23.4 Å². The van der Waals surface area contributed by atoms with Crippen molar-refractivity contribution in [3.05, 3.63) is 58.9 Å². The minimum atomic E-state index is -4.67. The van der Waals surface area contributed by atoms with Crippen molar-refractivity contribution in [1.82, 2.24) is 14.9 Å². The average Bonchev–Trinajstić information content (AvgIpc) is 3.41. The number of nitrogens with zero attached hydrogens (tertiary/aromatic N) is 3. The van der Waals surface area contributed by atoms with E-state index in [0.717, 1.165) is 28.9 Å². The third-order valence-electron chi connectivity index (χ3n) is 5.25. The van der Waals surface area contributed by atoms with E-state index in [0.29, 0.717) is 16.7 Å². The molecule has 178 valence electrons. The van der Waals surface area contributed by atoms with Gasteiger partial charge in [0.25, 0.3) is 5.91 Å². The largest absolute Gasteiger partial charge is 0.418 e. The van der Waals surface area contributed by atoms with Gasteiger partial charge in [0, 0.05) is 35.9 Å². The molecule has 0 saturated carbocycles. The topological polar surface area (TPSA) is 88.4 Å². The first-order valence-corrected chi connectivity index (χ1v) is 11.4. The van der Waals surface area contributed by atoms with Crippen molar-refractivity contribution in [3.63, 3.8) is 0 Å². The molecule has 12 heteroatoms. The van der Waals surface area contributed by atoms with Crippen molar-refractivity contribution in [1.29, 1.82) is 0 Å². The number of anilines is 1. The molecule has 1 aliphatic heterocycles. The number of pyridine rings is 1. The predicted octanol–water partition coefficient (Wildman–Crippen LogP) is 4.52. The van der Waals surface area contributed by atoms with Crippen molar-refractivity contribution in [2.75, 3.05) is 11.9 Å². The molecule has 34 heavy (non-hydrogen) atoms. The number of halogens is 4. The van der Waals surface area contributed by atoms with Crippen LogP contribution in [0.5, 0.6) is 0 Å². The van der Waals surface area contributed by atoms with Crippen molar-refractivity contribution < 1.29 is 22.8 Å². The van der Waals surface area contributed by atoms with Crippen LogP contribution >= 0.6 is 23.4 Å². The molecule has 4 rings (SSSR count). The molecule has 0 fully saturated rings. The van der Waals surface area contributed by atoms with Crippen LogP contribution in [0.2, 0.25) is 5.02 Å². The summed E-state index contributed by atoms with van der Waals surface area (Å²) in [4.78, 5) is 33.3. The van der Waals surface area contributed by atoms with E-state index in [1.54, 1.807) is 19.1 Å². The second-order valence-electron chi connectivity index (χ2n) is 7.72. The number of hydrogen-bond donors (Lipinski definition) is 2. The molecule has 3 aromatic rings. The smallest absolute Gasteiger partial charge is 0.351 e. The lowest BCUT2D eigenvalue weighted by Gasteiger charge is -2.15. The van der Waals surface area contributed by atoms with Gasteiger partial charge >= 0.3 is 6.18 Å². The van der Waals surface area contributed by atoms with Gasteiger partial charge in [-0.2, -0.15) is 13.2 Å². The Bertz CT molecular complexity index is 1310. The van der Waals surface area contributed by atoms with Gasteiger partial charge in [-0.25, -0.2) is 4.98 Å². The standard InChI is InChI=1S/C22H19ClF3N5O2S/c1-11(29-19(32)13-3-4-16-12(7-13)5-6-31(16)2)21-28-10-17(34-21)20(33)30-18-8-14(22(24,25)26)15(23)9-27-18/h3-9,11,17H,10H2,1-2H3,(H,29,32)(H,27,30,33)/t11-,17?/m1/s1. The Morgan fingerprint density at radius 1 is 1.26 bits per heavy atom. The van der Waals surface area contributed by atoms with Crippen LogP contribution in [0.15, 0.2) is 47.7 Å². The molecule has 0 spiro atoms. The molecule has 0 bridgehead atoms. The van der Waals surface area contributed by atoms with E-state index in [-0.39, 0.29) is 18.3 Å². The molecule has 7 nitrogen and oxygen atoms in total. The summed E-state index contributed by atoms with van der Waals surface area (Å²) in [7, 11) is 1.92. The highest BCUT2D eigenvalue weighted by atomic mass is 35.5. The maximum atomic E-state index is 13.0. The van der Waals surface area contributed by atoms with Crippen molar-refractivity contribution in [2.24, 2.45) is 12.0 Å². The number of aliphatic imine (C=N–C) groups is 1. The zero-order valence-electron chi connectivity index (χ0n) is 18.0. The Morgan fingerprint density at radius 3 is 2.76 bits per heavy atom. The minimum Gasteiger partial charge on any atom is -0.351 e. The van der Waals surface area contributed by atoms with Crippen LogP contribution in [-0.4, -0.2) is 44.2 Å². The molecule has 1 aromatic carbocycles. The molecular weight excluding hydrogens is 491 g/mol. The van der Waals surface area contributed by atoms with E-state index in [4.69, 9.17) is 11.6 Å². The van der Waals surface area contributed by atoms with E-state index in [1.807, 2.05) is 29.9 Å². The fourth-order valence-electron chi connectivity index (χ4n) is 3.46. The summed E-state index contributed by atoms with van der Waals surface area (Å²) < 4.78 is 41.0. The van der Waals surface area contributed by atoms with Gasteiger partial charge in [-0.3, -0.25) is 14.6 Å². The Hall–Kier alpha value is -3.05. The molecule has 0 aliphatic carbocycles. The highest BCUT2D eigenvalue weighted by molar-refractivity contribution is 8.15. The molecule has 0 saturated heterocycles. The maximum absolute atomic E-state index is 13.0. The van der Waals surface area contributed by atoms with Crippen LogP contribution in [-0.2, 0) is 18.0 Å². The molecule has 1 aliphatic rings. The van der Waals surface area contributed by atoms with Gasteiger partial charge in [0.05, 0.1) is 28.2 Å². The first kappa shape index (κ1) is 24.1. The zero-order valence-corrected chi connectivity index (χ0v) is 19.6. The van der Waals surface area contributed by atoms with E-state index >= 15 is 0 Å². The van der Waals surface area contributed by atoms with Crippen molar-refractivity contribution in [3.8, 4) is 0 Å². The Balaban J connectivity index is 1.36. The Kier molecular flexibility index (Phi) is 6.59. The zero-order chi connectivity index (χ0) is 24.6. The van der Waals surface area contributed by atoms with E-state index in [9.17, 15) is 22.8 Å². The summed E-state index contributed by atoms with van der Waals surface area (Å²) in [5.74, 6) is -1.08. The van der Waals surface area contributed by atoms with Gasteiger partial charge < -0.3 is 15.2 Å². The van der Waals surface area contributed by atoms with Crippen molar-refractivity contribution >= 4 is 56.9 Å². The molecule has 1 unspecified atom stereocenters. The van der Waals surface area contributed by atoms with Gasteiger partial charge in [0.2, 0.25) is 5.91 Å². The minimum absolute atomic E-state index is 0.127. The number of aryl methyl sites for hydroxylation is 1. The number of carbonyl (C=O) groups is 2. The number of nitrogens with one attached hydrogen (secondary N) is 2. The summed E-state index contributed by atoms with van der Waals surface area (Å²) in [6, 6.07) is 7.56. The first-order chi connectivity index (χ1) is 16.0. The van der Waals surface area contributed by atoms with Crippen LogP contribution in [0.25, 0.3) is 10.9 Å². The van der Waals surface area contributed by atoms with Crippen LogP contribution in [0, 0.1) is 0 Å². The summed E-state index contributed by atoms with van der Waals surface area (Å²) in [5, 5.41) is 5.52. The lowest BCUT2D eigenvalue weighted by Crippen LogP contribution is -2.37. The molecule has 2 amide bonds. The summed E-state index contributed by atoms with van der Waals surface area (Å²) in [6.45, 7) is 1.88. The van der Waals surface area contributed by atoms with Crippen molar-refractivity contribution in [2.45, 2.75) is 24.4 Å². The highest BCUT2D eigenvalue weighted by Gasteiger charge is 2.35. The number of hydrogen-bond acceptors (Lipinski definition) is 5. The third kappa shape index (κ3) is 5.05. The van der Waals surface area contributed by atoms with Crippen LogP contribution in [0.3, 0.4) is 0 Å². The van der Waals surface area contributed by atoms with Gasteiger partial charge in [-0.05, 0) is 37.3 Å². The highest BCUT2D eigenvalue weighted by Crippen LogP contribution is 2.35. The predicted molar refractivity (Wildman–Crippen MR) is 126 cm³/mol. The Labute approximate surface area is 201 Å². The van der Waals surface area contributed by atoms with E-state index < -0.39 is 34.0 Å². The van der Waals surface area contributed by atoms with Gasteiger partial charge in [-0.15, -0.1) is 0 Å². The number of aromatic nitrogens is 2. The Morgan fingerprint density at radius 2 is 2.03 bits per heavy atom. The number of fused-ring (bicyclic) bond motifs is 1. The normalized spacial score (nSPS) is 16.9. The van der Waals surface area contributed by atoms with Gasteiger partial charge in [0.1, 0.15) is 11.1 Å². The van der Waals surface area contributed by atoms with E-state index in [2.05, 4.69) is 20.6 Å². The monoisotopic (exact) mass is 509 g/mol. The third-order valence-corrected chi connectivity index (χ3v) is 6.92. The first-order valence-electron chi connectivity index (χ1n) is 10.1. The number of thioether (sulfide) groups is 1. The summed E-state index contributed by atoms with van der Waals surface area (Å²) in [5.41, 5.74) is 0.421. The number of amides is 2. The quantitative estimate of drug-likeness (QED) is 0.529.